The lowest BCUT2D eigenvalue weighted by Crippen LogP contribution is -2.24. The van der Waals surface area contributed by atoms with Crippen LogP contribution in [0.15, 0.2) is 9.64 Å². The molecule has 78 valence electrons. The molecule has 0 spiro atoms. The summed E-state index contributed by atoms with van der Waals surface area (Å²) in [6.07, 6.45) is 0.625. The summed E-state index contributed by atoms with van der Waals surface area (Å²) >= 11 is 1.16. The highest BCUT2D eigenvalue weighted by Gasteiger charge is 2.18. The van der Waals surface area contributed by atoms with Gasteiger partial charge in [-0.2, -0.15) is 0 Å². The van der Waals surface area contributed by atoms with E-state index in [0.717, 1.165) is 11.8 Å². The quantitative estimate of drug-likeness (QED) is 0.664. The molecule has 0 fully saturated rings. The topological polar surface area (TPSA) is 108 Å². The van der Waals surface area contributed by atoms with E-state index in [1.54, 1.807) is 0 Å². The monoisotopic (exact) mass is 216 g/mol. The van der Waals surface area contributed by atoms with Gasteiger partial charge in [-0.25, -0.2) is 0 Å². The van der Waals surface area contributed by atoms with E-state index < -0.39 is 0 Å². The SMILES string of the molecule is CCC(Sc1nnc(CN)o1)C(N)=O. The predicted molar refractivity (Wildman–Crippen MR) is 51.3 cm³/mol. The molecular formula is C7H12N4O2S. The van der Waals surface area contributed by atoms with E-state index in [1.165, 1.54) is 0 Å². The van der Waals surface area contributed by atoms with Crippen molar-refractivity contribution in [1.82, 2.24) is 10.2 Å². The minimum atomic E-state index is -0.384. The number of primary amides is 1. The van der Waals surface area contributed by atoms with E-state index in [9.17, 15) is 4.79 Å². The molecule has 0 aliphatic heterocycles. The van der Waals surface area contributed by atoms with Crippen molar-refractivity contribution in [3.8, 4) is 0 Å². The van der Waals surface area contributed by atoms with Crippen LogP contribution < -0.4 is 11.5 Å². The molecule has 0 saturated carbocycles. The highest BCUT2D eigenvalue weighted by atomic mass is 32.2. The van der Waals surface area contributed by atoms with Crippen LogP contribution in [0.25, 0.3) is 0 Å². The summed E-state index contributed by atoms with van der Waals surface area (Å²) in [4.78, 5) is 10.9. The van der Waals surface area contributed by atoms with Crippen molar-refractivity contribution in [3.63, 3.8) is 0 Å². The molecule has 6 nitrogen and oxygen atoms in total. The fourth-order valence-electron chi connectivity index (χ4n) is 0.833. The Morgan fingerprint density at radius 3 is 2.79 bits per heavy atom. The lowest BCUT2D eigenvalue weighted by atomic mass is 10.3. The molecule has 14 heavy (non-hydrogen) atoms. The maximum Gasteiger partial charge on any atom is 0.277 e. The van der Waals surface area contributed by atoms with Crippen LogP contribution in [-0.2, 0) is 11.3 Å². The summed E-state index contributed by atoms with van der Waals surface area (Å²) in [5.41, 5.74) is 10.4. The Morgan fingerprint density at radius 1 is 1.64 bits per heavy atom. The smallest absolute Gasteiger partial charge is 0.277 e. The Kier molecular flexibility index (Phi) is 3.90. The van der Waals surface area contributed by atoms with E-state index in [2.05, 4.69) is 10.2 Å². The van der Waals surface area contributed by atoms with Crippen LogP contribution in [-0.4, -0.2) is 21.4 Å². The zero-order valence-electron chi connectivity index (χ0n) is 7.77. The van der Waals surface area contributed by atoms with Crippen LogP contribution in [0.2, 0.25) is 0 Å². The minimum Gasteiger partial charge on any atom is -0.415 e. The zero-order chi connectivity index (χ0) is 10.6. The Balaban J connectivity index is 2.62. The fraction of sp³-hybridized carbons (Fsp3) is 0.571. The summed E-state index contributed by atoms with van der Waals surface area (Å²) in [5, 5.41) is 7.38. The van der Waals surface area contributed by atoms with Gasteiger partial charge >= 0.3 is 0 Å². The molecule has 0 aliphatic carbocycles. The molecule has 1 unspecified atom stereocenters. The average Bonchev–Trinajstić information content (AvgIpc) is 2.61. The van der Waals surface area contributed by atoms with E-state index in [1.807, 2.05) is 6.92 Å². The maximum absolute atomic E-state index is 10.9. The first-order valence-electron chi connectivity index (χ1n) is 4.15. The van der Waals surface area contributed by atoms with Crippen molar-refractivity contribution in [2.45, 2.75) is 30.4 Å². The largest absolute Gasteiger partial charge is 0.415 e. The number of hydrogen-bond donors (Lipinski definition) is 2. The number of aromatic nitrogens is 2. The van der Waals surface area contributed by atoms with Crippen molar-refractivity contribution >= 4 is 17.7 Å². The lowest BCUT2D eigenvalue weighted by molar-refractivity contribution is -0.117. The Bertz CT molecular complexity index is 314. The summed E-state index contributed by atoms with van der Waals surface area (Å²) in [5.74, 6) is -0.0307. The van der Waals surface area contributed by atoms with Crippen LogP contribution in [0, 0.1) is 0 Å². The minimum absolute atomic E-state index is 0.195. The van der Waals surface area contributed by atoms with Gasteiger partial charge in [0.05, 0.1) is 11.8 Å². The number of nitrogens with zero attached hydrogens (tertiary/aromatic N) is 2. The molecule has 0 aromatic carbocycles. The number of carbonyl (C=O) groups excluding carboxylic acids is 1. The summed E-state index contributed by atoms with van der Waals surface area (Å²) in [6, 6.07) is 0. The van der Waals surface area contributed by atoms with Gasteiger partial charge < -0.3 is 15.9 Å². The molecule has 1 amide bonds. The summed E-state index contributed by atoms with van der Waals surface area (Å²) in [6.45, 7) is 2.06. The Labute approximate surface area is 85.4 Å². The molecule has 1 aromatic heterocycles. The molecule has 1 rings (SSSR count). The molecular weight excluding hydrogens is 204 g/mol. The standard InChI is InChI=1S/C7H12N4O2S/c1-2-4(6(9)12)14-7-11-10-5(3-8)13-7/h4H,2-3,8H2,1H3,(H2,9,12). The van der Waals surface area contributed by atoms with E-state index >= 15 is 0 Å². The van der Waals surface area contributed by atoms with Crippen LogP contribution in [0.5, 0.6) is 0 Å². The molecule has 0 saturated heterocycles. The van der Waals surface area contributed by atoms with Gasteiger partial charge in [-0.3, -0.25) is 4.79 Å². The van der Waals surface area contributed by atoms with Gasteiger partial charge in [0, 0.05) is 0 Å². The molecule has 1 heterocycles. The normalized spacial score (nSPS) is 12.7. The summed E-state index contributed by atoms with van der Waals surface area (Å²) < 4.78 is 5.12. The fourth-order valence-corrected chi connectivity index (χ4v) is 1.59. The number of amides is 1. The number of thioether (sulfide) groups is 1. The zero-order valence-corrected chi connectivity index (χ0v) is 8.58. The Hall–Kier alpha value is -1.08. The third-order valence-corrected chi connectivity index (χ3v) is 2.77. The van der Waals surface area contributed by atoms with Crippen molar-refractivity contribution in [3.05, 3.63) is 5.89 Å². The van der Waals surface area contributed by atoms with E-state index in [-0.39, 0.29) is 17.7 Å². The molecule has 0 aliphatic rings. The van der Waals surface area contributed by atoms with Gasteiger partial charge in [-0.15, -0.1) is 10.2 Å². The van der Waals surface area contributed by atoms with Gasteiger partial charge in [-0.05, 0) is 6.42 Å². The van der Waals surface area contributed by atoms with Crippen LogP contribution in [0.3, 0.4) is 0 Å². The predicted octanol–water partition coefficient (Wildman–Crippen LogP) is -0.116. The third kappa shape index (κ3) is 2.71. The second-order valence-corrected chi connectivity index (χ2v) is 3.74. The molecule has 1 atom stereocenters. The lowest BCUT2D eigenvalue weighted by Gasteiger charge is -2.05. The average molecular weight is 216 g/mol. The number of hydrogen-bond acceptors (Lipinski definition) is 6. The number of rotatable bonds is 5. The van der Waals surface area contributed by atoms with Gasteiger partial charge in [0.25, 0.3) is 5.22 Å². The third-order valence-electron chi connectivity index (χ3n) is 1.55. The summed E-state index contributed by atoms with van der Waals surface area (Å²) in [7, 11) is 0. The maximum atomic E-state index is 10.9. The molecule has 4 N–H and O–H groups in total. The highest BCUT2D eigenvalue weighted by Crippen LogP contribution is 2.23. The van der Waals surface area contributed by atoms with Gasteiger partial charge in [-0.1, -0.05) is 18.7 Å². The first kappa shape index (κ1) is 11.0. The number of carbonyl (C=O) groups is 1. The van der Waals surface area contributed by atoms with Gasteiger partial charge in [0.15, 0.2) is 0 Å². The van der Waals surface area contributed by atoms with Crippen LogP contribution in [0.1, 0.15) is 19.2 Å². The number of nitrogens with two attached hydrogens (primary N) is 2. The van der Waals surface area contributed by atoms with Gasteiger partial charge in [0.1, 0.15) is 0 Å². The molecule has 1 aromatic rings. The van der Waals surface area contributed by atoms with Crippen LogP contribution in [0.4, 0.5) is 0 Å². The molecule has 7 heteroatoms. The molecule has 0 radical (unpaired) electrons. The first-order valence-corrected chi connectivity index (χ1v) is 5.03. The van der Waals surface area contributed by atoms with Crippen molar-refractivity contribution in [2.24, 2.45) is 11.5 Å². The van der Waals surface area contributed by atoms with E-state index in [0.29, 0.717) is 17.5 Å². The van der Waals surface area contributed by atoms with E-state index in [4.69, 9.17) is 15.9 Å². The van der Waals surface area contributed by atoms with Gasteiger partial charge in [0.2, 0.25) is 11.8 Å². The second kappa shape index (κ2) is 4.97. The Morgan fingerprint density at radius 2 is 2.36 bits per heavy atom. The van der Waals surface area contributed by atoms with Crippen LogP contribution >= 0.6 is 11.8 Å². The van der Waals surface area contributed by atoms with Crippen molar-refractivity contribution < 1.29 is 9.21 Å². The first-order chi connectivity index (χ1) is 6.67. The highest BCUT2D eigenvalue weighted by molar-refractivity contribution is 8.00. The van der Waals surface area contributed by atoms with Crippen molar-refractivity contribution in [1.29, 1.82) is 0 Å². The van der Waals surface area contributed by atoms with Crippen molar-refractivity contribution in [2.75, 3.05) is 0 Å². The second-order valence-electron chi connectivity index (χ2n) is 2.58. The molecule has 0 bridgehead atoms.